The van der Waals surface area contributed by atoms with Gasteiger partial charge in [0.25, 0.3) is 0 Å². The van der Waals surface area contributed by atoms with E-state index in [0.717, 1.165) is 6.42 Å². The Morgan fingerprint density at radius 1 is 1.67 bits per heavy atom. The Balaban J connectivity index is 2.49. The van der Waals surface area contributed by atoms with Gasteiger partial charge in [0.2, 0.25) is 0 Å². The third-order valence-corrected chi connectivity index (χ3v) is 1.37. The Kier molecular flexibility index (Phi) is 2.31. The van der Waals surface area contributed by atoms with Crippen molar-refractivity contribution < 1.29 is 0 Å². The van der Waals surface area contributed by atoms with Gasteiger partial charge in [0.05, 0.1) is 5.71 Å². The average Bonchev–Trinajstić information content (AvgIpc) is 1.91. The van der Waals surface area contributed by atoms with Gasteiger partial charge >= 0.3 is 0 Å². The van der Waals surface area contributed by atoms with Crippen LogP contribution in [0.15, 0.2) is 17.3 Å². The minimum absolute atomic E-state index is 1.12. The molecule has 0 heterocycles. The van der Waals surface area contributed by atoms with Gasteiger partial charge in [0.1, 0.15) is 0 Å². The lowest BCUT2D eigenvalue weighted by atomic mass is 10.1. The first-order chi connectivity index (χ1) is 4.43. The van der Waals surface area contributed by atoms with Crippen molar-refractivity contribution in [2.75, 3.05) is 7.05 Å². The van der Waals surface area contributed by atoms with E-state index in [2.05, 4.69) is 22.7 Å². The lowest BCUT2D eigenvalue weighted by Gasteiger charge is -2.04. The summed E-state index contributed by atoms with van der Waals surface area (Å²) >= 11 is 0. The Hall–Kier alpha value is -0.790. The average molecular weight is 124 g/mol. The number of hydrazone groups is 1. The van der Waals surface area contributed by atoms with Crippen molar-refractivity contribution in [1.82, 2.24) is 5.43 Å². The third-order valence-electron chi connectivity index (χ3n) is 1.37. The van der Waals surface area contributed by atoms with Crippen LogP contribution < -0.4 is 5.43 Å². The van der Waals surface area contributed by atoms with Crippen LogP contribution in [0, 0.1) is 0 Å². The van der Waals surface area contributed by atoms with Gasteiger partial charge in [-0.25, -0.2) is 0 Å². The SMILES string of the molecule is CN/N=C1\C=CCCC1. The van der Waals surface area contributed by atoms with Gasteiger partial charge in [0.15, 0.2) is 0 Å². The molecule has 0 aromatic carbocycles. The minimum Gasteiger partial charge on any atom is -0.313 e. The molecule has 2 heteroatoms. The van der Waals surface area contributed by atoms with Crippen LogP contribution in [0.4, 0.5) is 0 Å². The van der Waals surface area contributed by atoms with Crippen LogP contribution in [-0.4, -0.2) is 12.8 Å². The summed E-state index contributed by atoms with van der Waals surface area (Å²) in [7, 11) is 1.83. The number of hydrogen-bond acceptors (Lipinski definition) is 2. The molecule has 0 amide bonds. The smallest absolute Gasteiger partial charge is 0.0599 e. The fourth-order valence-electron chi connectivity index (χ4n) is 0.941. The van der Waals surface area contributed by atoms with Crippen molar-refractivity contribution in [3.8, 4) is 0 Å². The van der Waals surface area contributed by atoms with Gasteiger partial charge in [-0.05, 0) is 25.3 Å². The molecule has 0 aliphatic heterocycles. The fraction of sp³-hybridized carbons (Fsp3) is 0.571. The number of nitrogens with one attached hydrogen (secondary N) is 1. The molecule has 50 valence electrons. The van der Waals surface area contributed by atoms with E-state index < -0.39 is 0 Å². The maximum absolute atomic E-state index is 4.06. The van der Waals surface area contributed by atoms with E-state index >= 15 is 0 Å². The Morgan fingerprint density at radius 2 is 2.56 bits per heavy atom. The highest BCUT2D eigenvalue weighted by Crippen LogP contribution is 2.06. The molecule has 0 unspecified atom stereocenters. The van der Waals surface area contributed by atoms with Gasteiger partial charge in [-0.1, -0.05) is 6.08 Å². The minimum atomic E-state index is 1.12. The van der Waals surface area contributed by atoms with E-state index in [1.54, 1.807) is 0 Å². The summed E-state index contributed by atoms with van der Waals surface area (Å²) in [5.74, 6) is 0. The molecule has 0 saturated heterocycles. The number of hydrogen-bond donors (Lipinski definition) is 1. The fourth-order valence-corrected chi connectivity index (χ4v) is 0.941. The first-order valence-electron chi connectivity index (χ1n) is 3.33. The second kappa shape index (κ2) is 3.28. The maximum Gasteiger partial charge on any atom is 0.0599 e. The zero-order valence-corrected chi connectivity index (χ0v) is 5.72. The molecule has 0 aromatic heterocycles. The number of rotatable bonds is 1. The van der Waals surface area contributed by atoms with Gasteiger partial charge < -0.3 is 5.43 Å². The second-order valence-corrected chi connectivity index (χ2v) is 2.12. The summed E-state index contributed by atoms with van der Waals surface area (Å²) in [4.78, 5) is 0. The molecule has 0 aromatic rings. The summed E-state index contributed by atoms with van der Waals surface area (Å²) in [5, 5.41) is 4.06. The molecule has 9 heavy (non-hydrogen) atoms. The Labute approximate surface area is 55.6 Å². The highest BCUT2D eigenvalue weighted by molar-refractivity contribution is 5.95. The molecule has 2 nitrogen and oxygen atoms in total. The molecular weight excluding hydrogens is 112 g/mol. The van der Waals surface area contributed by atoms with Crippen LogP contribution in [0.5, 0.6) is 0 Å². The van der Waals surface area contributed by atoms with Crippen molar-refractivity contribution in [3.05, 3.63) is 12.2 Å². The molecule has 0 radical (unpaired) electrons. The second-order valence-electron chi connectivity index (χ2n) is 2.12. The van der Waals surface area contributed by atoms with E-state index in [1.807, 2.05) is 7.05 Å². The largest absolute Gasteiger partial charge is 0.313 e. The molecule has 1 N–H and O–H groups in total. The van der Waals surface area contributed by atoms with E-state index in [0.29, 0.717) is 0 Å². The van der Waals surface area contributed by atoms with E-state index in [9.17, 15) is 0 Å². The van der Waals surface area contributed by atoms with Gasteiger partial charge in [0, 0.05) is 7.05 Å². The van der Waals surface area contributed by atoms with Crippen molar-refractivity contribution in [2.45, 2.75) is 19.3 Å². The van der Waals surface area contributed by atoms with Crippen molar-refractivity contribution in [2.24, 2.45) is 5.10 Å². The standard InChI is InChI=1S/C7H12N2/c1-8-9-7-5-3-2-4-6-7/h3,5,8H,2,4,6H2,1H3/b9-7+. The van der Waals surface area contributed by atoms with Crippen LogP contribution in [0.25, 0.3) is 0 Å². The van der Waals surface area contributed by atoms with Gasteiger partial charge in [-0.15, -0.1) is 0 Å². The molecule has 1 rings (SSSR count). The summed E-state index contributed by atoms with van der Waals surface area (Å²) in [6.07, 6.45) is 7.83. The molecule has 1 aliphatic rings. The van der Waals surface area contributed by atoms with Crippen molar-refractivity contribution in [1.29, 1.82) is 0 Å². The predicted molar refractivity (Wildman–Crippen MR) is 39.5 cm³/mol. The summed E-state index contributed by atoms with van der Waals surface area (Å²) in [6, 6.07) is 0. The van der Waals surface area contributed by atoms with Crippen LogP contribution in [0.1, 0.15) is 19.3 Å². The van der Waals surface area contributed by atoms with Crippen LogP contribution in [0.2, 0.25) is 0 Å². The Bertz CT molecular complexity index is 136. The molecule has 0 atom stereocenters. The van der Waals surface area contributed by atoms with Gasteiger partial charge in [-0.3, -0.25) is 0 Å². The molecule has 0 spiro atoms. The lowest BCUT2D eigenvalue weighted by Crippen LogP contribution is -2.04. The quantitative estimate of drug-likeness (QED) is 0.523. The van der Waals surface area contributed by atoms with E-state index in [-0.39, 0.29) is 0 Å². The lowest BCUT2D eigenvalue weighted by molar-refractivity contribution is 0.840. The first-order valence-corrected chi connectivity index (χ1v) is 3.33. The number of nitrogens with zero attached hydrogens (tertiary/aromatic N) is 1. The first kappa shape index (κ1) is 6.33. The van der Waals surface area contributed by atoms with E-state index in [1.165, 1.54) is 18.6 Å². The summed E-state index contributed by atoms with van der Waals surface area (Å²) in [5.41, 5.74) is 3.94. The molecular formula is C7H12N2. The summed E-state index contributed by atoms with van der Waals surface area (Å²) in [6.45, 7) is 0. The monoisotopic (exact) mass is 124 g/mol. The van der Waals surface area contributed by atoms with Crippen LogP contribution in [0.3, 0.4) is 0 Å². The molecule has 0 saturated carbocycles. The number of allylic oxidation sites excluding steroid dienone is 2. The summed E-state index contributed by atoms with van der Waals surface area (Å²) < 4.78 is 0. The highest BCUT2D eigenvalue weighted by Gasteiger charge is 1.97. The topological polar surface area (TPSA) is 24.4 Å². The van der Waals surface area contributed by atoms with E-state index in [4.69, 9.17) is 0 Å². The Morgan fingerprint density at radius 3 is 3.11 bits per heavy atom. The molecule has 0 fully saturated rings. The predicted octanol–water partition coefficient (Wildman–Crippen LogP) is 1.30. The maximum atomic E-state index is 4.06. The van der Waals surface area contributed by atoms with Crippen molar-refractivity contribution in [3.63, 3.8) is 0 Å². The normalized spacial score (nSPS) is 22.6. The third kappa shape index (κ3) is 1.88. The zero-order valence-electron chi connectivity index (χ0n) is 5.72. The zero-order chi connectivity index (χ0) is 6.53. The molecule has 0 bridgehead atoms. The molecule has 1 aliphatic carbocycles. The highest BCUT2D eigenvalue weighted by atomic mass is 15.3. The van der Waals surface area contributed by atoms with Crippen LogP contribution >= 0.6 is 0 Å². The van der Waals surface area contributed by atoms with Gasteiger partial charge in [-0.2, -0.15) is 5.10 Å². The van der Waals surface area contributed by atoms with Crippen molar-refractivity contribution >= 4 is 5.71 Å². The van der Waals surface area contributed by atoms with Crippen LogP contribution in [-0.2, 0) is 0 Å².